The van der Waals surface area contributed by atoms with Gasteiger partial charge in [0.05, 0.1) is 10.1 Å². The van der Waals surface area contributed by atoms with Crippen LogP contribution in [0.2, 0.25) is 0 Å². The number of nitrogens with zero attached hydrogens (tertiary/aromatic N) is 5. The van der Waals surface area contributed by atoms with Crippen molar-refractivity contribution in [2.45, 2.75) is 68.7 Å². The molecular formula is C25H36ClN7OS. The van der Waals surface area contributed by atoms with Gasteiger partial charge in [-0.15, -0.1) is 24.2 Å². The van der Waals surface area contributed by atoms with Crippen LogP contribution in [0.15, 0.2) is 29.4 Å². The molecule has 5 rings (SSSR count). The lowest BCUT2D eigenvalue weighted by Crippen LogP contribution is -2.48. The molecule has 35 heavy (non-hydrogen) atoms. The van der Waals surface area contributed by atoms with Crippen molar-refractivity contribution in [3.05, 3.63) is 30.1 Å². The number of nitrogens with one attached hydrogen (secondary N) is 2. The van der Waals surface area contributed by atoms with Gasteiger partial charge in [-0.25, -0.2) is 9.97 Å². The molecular weight excluding hydrogens is 482 g/mol. The van der Waals surface area contributed by atoms with Gasteiger partial charge in [-0.3, -0.25) is 14.6 Å². The van der Waals surface area contributed by atoms with Gasteiger partial charge in [-0.05, 0) is 43.7 Å². The number of thioether (sulfide) groups is 1. The molecule has 1 aliphatic carbocycles. The molecule has 2 atom stereocenters. The maximum Gasteiger partial charge on any atom is 0.242 e. The lowest BCUT2D eigenvalue weighted by molar-refractivity contribution is -0.119. The third-order valence-electron chi connectivity index (χ3n) is 7.24. The Morgan fingerprint density at radius 1 is 1.17 bits per heavy atom. The average molecular weight is 518 g/mol. The Balaban J connectivity index is 0.00000289. The van der Waals surface area contributed by atoms with E-state index in [2.05, 4.69) is 45.4 Å². The van der Waals surface area contributed by atoms with Crippen LogP contribution in [0.3, 0.4) is 0 Å². The lowest BCUT2D eigenvalue weighted by atomic mass is 10.0. The number of carbonyl (C=O) groups excluding carboxylic acids is 1. The van der Waals surface area contributed by atoms with Gasteiger partial charge >= 0.3 is 0 Å². The summed E-state index contributed by atoms with van der Waals surface area (Å²) in [4.78, 5) is 32.9. The first-order chi connectivity index (χ1) is 16.6. The number of rotatable bonds is 7. The van der Waals surface area contributed by atoms with Crippen molar-refractivity contribution >= 4 is 47.7 Å². The normalized spacial score (nSPS) is 21.9. The minimum atomic E-state index is -0.0173. The third kappa shape index (κ3) is 5.90. The van der Waals surface area contributed by atoms with E-state index in [1.807, 2.05) is 23.4 Å². The highest BCUT2D eigenvalue weighted by Crippen LogP contribution is 2.45. The maximum absolute atomic E-state index is 13.6. The Morgan fingerprint density at radius 2 is 1.94 bits per heavy atom. The van der Waals surface area contributed by atoms with Crippen molar-refractivity contribution < 1.29 is 4.79 Å². The van der Waals surface area contributed by atoms with Crippen LogP contribution in [0.4, 0.5) is 17.6 Å². The molecule has 1 saturated heterocycles. The minimum Gasteiger partial charge on any atom is -0.314 e. The van der Waals surface area contributed by atoms with Crippen LogP contribution >= 0.6 is 24.2 Å². The average Bonchev–Trinajstić information content (AvgIpc) is 3.40. The molecule has 3 aliphatic rings. The Labute approximate surface area is 218 Å². The standard InChI is InChI=1S/C25H35N7OS.ClH/c1-3-17(2)32-23-20(34-22(24(32)33)19-6-4-5-7-19)15-28-25(30-23)29-21-9-8-18(14-27-21)16-31-12-10-26-11-13-31;/h8-9,14-15,17,19,22,26H,3-7,10-13,16H2,1-2H3,(H,27,28,29,30);1H. The molecule has 4 heterocycles. The summed E-state index contributed by atoms with van der Waals surface area (Å²) in [5.74, 6) is 2.57. The number of aromatic nitrogens is 3. The summed E-state index contributed by atoms with van der Waals surface area (Å²) in [5, 5.41) is 6.61. The largest absolute Gasteiger partial charge is 0.314 e. The zero-order valence-electron chi connectivity index (χ0n) is 20.6. The van der Waals surface area contributed by atoms with Gasteiger partial charge in [0, 0.05) is 51.2 Å². The van der Waals surface area contributed by atoms with Crippen LogP contribution in [0.5, 0.6) is 0 Å². The Kier molecular flexibility index (Phi) is 8.86. The van der Waals surface area contributed by atoms with E-state index in [1.54, 1.807) is 11.8 Å². The molecule has 2 aromatic rings. The summed E-state index contributed by atoms with van der Waals surface area (Å²) in [6.45, 7) is 9.35. The summed E-state index contributed by atoms with van der Waals surface area (Å²) in [6, 6.07) is 4.18. The molecule has 0 bridgehead atoms. The van der Waals surface area contributed by atoms with E-state index in [1.165, 1.54) is 18.4 Å². The molecule has 2 N–H and O–H groups in total. The predicted molar refractivity (Wildman–Crippen MR) is 144 cm³/mol. The summed E-state index contributed by atoms with van der Waals surface area (Å²) in [5.41, 5.74) is 1.20. The van der Waals surface area contributed by atoms with E-state index < -0.39 is 0 Å². The van der Waals surface area contributed by atoms with Crippen molar-refractivity contribution in [1.29, 1.82) is 0 Å². The van der Waals surface area contributed by atoms with Crippen LogP contribution in [0.25, 0.3) is 0 Å². The topological polar surface area (TPSA) is 86.3 Å². The molecule has 2 fully saturated rings. The van der Waals surface area contributed by atoms with Crippen molar-refractivity contribution in [3.63, 3.8) is 0 Å². The first kappa shape index (κ1) is 26.1. The molecule has 1 saturated carbocycles. The summed E-state index contributed by atoms with van der Waals surface area (Å²) >= 11 is 1.66. The quantitative estimate of drug-likeness (QED) is 0.564. The Bertz CT molecular complexity index is 996. The van der Waals surface area contributed by atoms with Crippen LogP contribution in [0, 0.1) is 5.92 Å². The smallest absolute Gasteiger partial charge is 0.242 e. The summed E-state index contributed by atoms with van der Waals surface area (Å²) in [6.07, 6.45) is 9.42. The number of fused-ring (bicyclic) bond motifs is 1. The second-order valence-electron chi connectivity index (χ2n) is 9.63. The number of piperazine rings is 1. The van der Waals surface area contributed by atoms with E-state index in [4.69, 9.17) is 4.98 Å². The molecule has 0 radical (unpaired) electrons. The van der Waals surface area contributed by atoms with Crippen molar-refractivity contribution in [3.8, 4) is 0 Å². The van der Waals surface area contributed by atoms with Gasteiger partial charge in [0.25, 0.3) is 0 Å². The number of anilines is 3. The van der Waals surface area contributed by atoms with Crippen LogP contribution in [-0.2, 0) is 11.3 Å². The van der Waals surface area contributed by atoms with Gasteiger partial charge in [-0.1, -0.05) is 25.8 Å². The fourth-order valence-corrected chi connectivity index (χ4v) is 6.42. The molecule has 10 heteroatoms. The van der Waals surface area contributed by atoms with E-state index >= 15 is 0 Å². The summed E-state index contributed by atoms with van der Waals surface area (Å²) < 4.78 is 0. The molecule has 0 spiro atoms. The molecule has 190 valence electrons. The lowest BCUT2D eigenvalue weighted by Gasteiger charge is -2.38. The van der Waals surface area contributed by atoms with Gasteiger partial charge in [0.1, 0.15) is 5.82 Å². The van der Waals surface area contributed by atoms with E-state index in [9.17, 15) is 4.79 Å². The van der Waals surface area contributed by atoms with E-state index in [0.717, 1.165) is 62.7 Å². The maximum atomic E-state index is 13.6. The van der Waals surface area contributed by atoms with E-state index in [-0.39, 0.29) is 29.6 Å². The Morgan fingerprint density at radius 3 is 2.63 bits per heavy atom. The number of hydrogen-bond donors (Lipinski definition) is 2. The zero-order chi connectivity index (χ0) is 23.5. The SMILES string of the molecule is CCC(C)N1C(=O)C(C2CCCC2)Sc2cnc(Nc3ccc(CN4CCNCC4)cn3)nc21.Cl. The summed E-state index contributed by atoms with van der Waals surface area (Å²) in [7, 11) is 0. The molecule has 1 amide bonds. The number of carbonyl (C=O) groups is 1. The van der Waals surface area contributed by atoms with Crippen molar-refractivity contribution in [2.24, 2.45) is 5.92 Å². The van der Waals surface area contributed by atoms with Crippen molar-refractivity contribution in [1.82, 2.24) is 25.2 Å². The number of hydrogen-bond acceptors (Lipinski definition) is 8. The highest BCUT2D eigenvalue weighted by atomic mass is 35.5. The molecule has 2 aliphatic heterocycles. The molecule has 8 nitrogen and oxygen atoms in total. The second-order valence-corrected chi connectivity index (χ2v) is 10.8. The Hall–Kier alpha value is -1.94. The van der Waals surface area contributed by atoms with Gasteiger partial charge in [0.15, 0.2) is 5.82 Å². The number of halogens is 1. The van der Waals surface area contributed by atoms with Crippen LogP contribution < -0.4 is 15.5 Å². The van der Waals surface area contributed by atoms with Gasteiger partial charge < -0.3 is 10.6 Å². The first-order valence-corrected chi connectivity index (χ1v) is 13.5. The minimum absolute atomic E-state index is 0. The molecule has 0 aromatic carbocycles. The highest BCUT2D eigenvalue weighted by Gasteiger charge is 2.41. The van der Waals surface area contributed by atoms with Crippen LogP contribution in [0.1, 0.15) is 51.5 Å². The molecule has 2 unspecified atom stereocenters. The van der Waals surface area contributed by atoms with Gasteiger partial charge in [-0.2, -0.15) is 4.98 Å². The van der Waals surface area contributed by atoms with Crippen molar-refractivity contribution in [2.75, 3.05) is 36.4 Å². The fraction of sp³-hybridized carbons (Fsp3) is 0.600. The number of amides is 1. The number of pyridine rings is 1. The fourth-order valence-electron chi connectivity index (χ4n) is 5.11. The predicted octanol–water partition coefficient (Wildman–Crippen LogP) is 4.24. The molecule has 2 aromatic heterocycles. The highest BCUT2D eigenvalue weighted by molar-refractivity contribution is 8.01. The second kappa shape index (κ2) is 11.9. The zero-order valence-corrected chi connectivity index (χ0v) is 22.2. The monoisotopic (exact) mass is 517 g/mol. The van der Waals surface area contributed by atoms with Gasteiger partial charge in [0.2, 0.25) is 11.9 Å². The van der Waals surface area contributed by atoms with E-state index in [0.29, 0.717) is 17.7 Å². The third-order valence-corrected chi connectivity index (χ3v) is 8.62. The first-order valence-electron chi connectivity index (χ1n) is 12.6. The van der Waals surface area contributed by atoms with Crippen LogP contribution in [-0.4, -0.2) is 63.2 Å².